The number of nitrogens with one attached hydrogen (secondary N) is 2. The SMILES string of the molecule is CCOc1ccc(CNC(=NC)NCC2(c3ccccc3F)CC2)cc1OC. The highest BCUT2D eigenvalue weighted by molar-refractivity contribution is 5.79. The van der Waals surface area contributed by atoms with Crippen LogP contribution in [-0.2, 0) is 12.0 Å². The van der Waals surface area contributed by atoms with Crippen molar-refractivity contribution in [2.75, 3.05) is 27.3 Å². The lowest BCUT2D eigenvalue weighted by Gasteiger charge is -2.20. The van der Waals surface area contributed by atoms with Gasteiger partial charge in [0.1, 0.15) is 5.82 Å². The molecule has 1 aliphatic carbocycles. The second-order valence-electron chi connectivity index (χ2n) is 6.96. The number of hydrogen-bond acceptors (Lipinski definition) is 3. The molecule has 2 aromatic carbocycles. The first-order valence-corrected chi connectivity index (χ1v) is 9.61. The molecule has 2 N–H and O–H groups in total. The summed E-state index contributed by atoms with van der Waals surface area (Å²) in [5, 5.41) is 6.65. The van der Waals surface area contributed by atoms with Crippen LogP contribution in [0.3, 0.4) is 0 Å². The average Bonchev–Trinajstić information content (AvgIpc) is 3.50. The van der Waals surface area contributed by atoms with E-state index in [1.807, 2.05) is 37.3 Å². The predicted molar refractivity (Wildman–Crippen MR) is 110 cm³/mol. The summed E-state index contributed by atoms with van der Waals surface area (Å²) in [6.45, 7) is 3.78. The third-order valence-electron chi connectivity index (χ3n) is 5.10. The van der Waals surface area contributed by atoms with E-state index in [-0.39, 0.29) is 11.2 Å². The van der Waals surface area contributed by atoms with E-state index < -0.39 is 0 Å². The minimum absolute atomic E-state index is 0.133. The summed E-state index contributed by atoms with van der Waals surface area (Å²) >= 11 is 0. The van der Waals surface area contributed by atoms with Crippen molar-refractivity contribution >= 4 is 5.96 Å². The third-order valence-corrected chi connectivity index (χ3v) is 5.10. The number of hydrogen-bond donors (Lipinski definition) is 2. The van der Waals surface area contributed by atoms with Crippen LogP contribution in [0.5, 0.6) is 11.5 Å². The van der Waals surface area contributed by atoms with Crippen LogP contribution in [0, 0.1) is 5.82 Å². The van der Waals surface area contributed by atoms with Gasteiger partial charge in [-0.15, -0.1) is 0 Å². The number of methoxy groups -OCH3 is 1. The Morgan fingerprint density at radius 3 is 2.57 bits per heavy atom. The van der Waals surface area contributed by atoms with Gasteiger partial charge < -0.3 is 20.1 Å². The minimum atomic E-state index is -0.134. The van der Waals surface area contributed by atoms with Gasteiger partial charge in [0.25, 0.3) is 0 Å². The number of aliphatic imine (C=N–C) groups is 1. The number of guanidine groups is 1. The fraction of sp³-hybridized carbons (Fsp3) is 0.409. The van der Waals surface area contributed by atoms with Gasteiger partial charge >= 0.3 is 0 Å². The van der Waals surface area contributed by atoms with Crippen LogP contribution in [0.15, 0.2) is 47.5 Å². The summed E-state index contributed by atoms with van der Waals surface area (Å²) in [7, 11) is 3.37. The average molecular weight is 385 g/mol. The van der Waals surface area contributed by atoms with Gasteiger partial charge in [-0.05, 0) is 49.1 Å². The van der Waals surface area contributed by atoms with Crippen LogP contribution >= 0.6 is 0 Å². The molecule has 1 aliphatic rings. The van der Waals surface area contributed by atoms with Crippen LogP contribution in [0.1, 0.15) is 30.9 Å². The number of benzene rings is 2. The topological polar surface area (TPSA) is 54.9 Å². The van der Waals surface area contributed by atoms with Gasteiger partial charge in [-0.2, -0.15) is 0 Å². The molecule has 0 unspecified atom stereocenters. The Balaban J connectivity index is 1.58. The number of ether oxygens (including phenoxy) is 2. The first-order chi connectivity index (χ1) is 13.6. The third kappa shape index (κ3) is 4.55. The van der Waals surface area contributed by atoms with Crippen molar-refractivity contribution in [2.45, 2.75) is 31.7 Å². The van der Waals surface area contributed by atoms with Crippen molar-refractivity contribution in [3.63, 3.8) is 0 Å². The maximum atomic E-state index is 14.2. The zero-order valence-electron chi connectivity index (χ0n) is 16.7. The zero-order chi connectivity index (χ0) is 20.0. The summed E-state index contributed by atoms with van der Waals surface area (Å²) in [5.74, 6) is 2.00. The molecular formula is C22H28FN3O2. The summed E-state index contributed by atoms with van der Waals surface area (Å²) in [6.07, 6.45) is 1.96. The standard InChI is InChI=1S/C22H28FN3O2/c1-4-28-19-10-9-16(13-20(19)27-3)14-25-21(24-2)26-15-22(11-12-22)17-7-5-6-8-18(17)23/h5-10,13H,4,11-12,14-15H2,1-3H3,(H2,24,25,26). The van der Waals surface area contributed by atoms with Crippen LogP contribution in [0.4, 0.5) is 4.39 Å². The van der Waals surface area contributed by atoms with Gasteiger partial charge in [0.15, 0.2) is 17.5 Å². The molecule has 1 saturated carbocycles. The van der Waals surface area contributed by atoms with E-state index in [0.717, 1.165) is 29.7 Å². The minimum Gasteiger partial charge on any atom is -0.493 e. The Kier molecular flexibility index (Phi) is 6.39. The Hall–Kier alpha value is -2.76. The first-order valence-electron chi connectivity index (χ1n) is 9.61. The van der Waals surface area contributed by atoms with Crippen LogP contribution < -0.4 is 20.1 Å². The Labute approximate surface area is 166 Å². The van der Waals surface area contributed by atoms with E-state index in [9.17, 15) is 4.39 Å². The fourth-order valence-corrected chi connectivity index (χ4v) is 3.34. The molecule has 1 fully saturated rings. The van der Waals surface area contributed by atoms with Gasteiger partial charge in [-0.25, -0.2) is 4.39 Å². The summed E-state index contributed by atoms with van der Waals surface area (Å²) in [5.41, 5.74) is 1.71. The van der Waals surface area contributed by atoms with Crippen molar-refractivity contribution in [1.82, 2.24) is 10.6 Å². The molecule has 0 aromatic heterocycles. The highest BCUT2D eigenvalue weighted by atomic mass is 19.1. The number of rotatable bonds is 8. The molecule has 0 heterocycles. The Bertz CT molecular complexity index is 834. The number of halogens is 1. The molecule has 0 atom stereocenters. The molecular weight excluding hydrogens is 357 g/mol. The smallest absolute Gasteiger partial charge is 0.191 e. The lowest BCUT2D eigenvalue weighted by atomic mass is 9.95. The molecule has 150 valence electrons. The van der Waals surface area contributed by atoms with Crippen molar-refractivity contribution in [3.8, 4) is 11.5 Å². The van der Waals surface area contributed by atoms with E-state index in [4.69, 9.17) is 9.47 Å². The van der Waals surface area contributed by atoms with Crippen molar-refractivity contribution < 1.29 is 13.9 Å². The maximum absolute atomic E-state index is 14.2. The second-order valence-corrected chi connectivity index (χ2v) is 6.96. The summed E-state index contributed by atoms with van der Waals surface area (Å²) in [6, 6.07) is 12.9. The normalized spacial score (nSPS) is 15.1. The van der Waals surface area contributed by atoms with Gasteiger partial charge in [0, 0.05) is 25.6 Å². The lowest BCUT2D eigenvalue weighted by molar-refractivity contribution is 0.310. The molecule has 0 aliphatic heterocycles. The molecule has 0 radical (unpaired) electrons. The maximum Gasteiger partial charge on any atom is 0.191 e. The van der Waals surface area contributed by atoms with Crippen LogP contribution in [0.2, 0.25) is 0 Å². The molecule has 5 nitrogen and oxygen atoms in total. The molecule has 0 bridgehead atoms. The largest absolute Gasteiger partial charge is 0.493 e. The van der Waals surface area contributed by atoms with E-state index in [1.165, 1.54) is 6.07 Å². The van der Waals surface area contributed by atoms with Gasteiger partial charge in [-0.3, -0.25) is 4.99 Å². The van der Waals surface area contributed by atoms with E-state index in [2.05, 4.69) is 15.6 Å². The van der Waals surface area contributed by atoms with E-state index in [1.54, 1.807) is 20.2 Å². The van der Waals surface area contributed by atoms with Crippen molar-refractivity contribution in [3.05, 3.63) is 59.4 Å². The summed E-state index contributed by atoms with van der Waals surface area (Å²) < 4.78 is 25.1. The molecule has 28 heavy (non-hydrogen) atoms. The Morgan fingerprint density at radius 2 is 1.93 bits per heavy atom. The Morgan fingerprint density at radius 1 is 1.14 bits per heavy atom. The van der Waals surface area contributed by atoms with Crippen molar-refractivity contribution in [2.24, 2.45) is 4.99 Å². The predicted octanol–water partition coefficient (Wildman–Crippen LogP) is 3.63. The highest BCUT2D eigenvalue weighted by Gasteiger charge is 2.45. The zero-order valence-corrected chi connectivity index (χ0v) is 16.7. The van der Waals surface area contributed by atoms with E-state index in [0.29, 0.717) is 31.4 Å². The monoisotopic (exact) mass is 385 g/mol. The summed E-state index contributed by atoms with van der Waals surface area (Å²) in [4.78, 5) is 4.28. The van der Waals surface area contributed by atoms with Gasteiger partial charge in [-0.1, -0.05) is 24.3 Å². The number of nitrogens with zero attached hydrogens (tertiary/aromatic N) is 1. The fourth-order valence-electron chi connectivity index (χ4n) is 3.34. The van der Waals surface area contributed by atoms with Crippen LogP contribution in [-0.4, -0.2) is 33.3 Å². The molecule has 6 heteroatoms. The molecule has 3 rings (SSSR count). The molecule has 0 amide bonds. The second kappa shape index (κ2) is 8.95. The van der Waals surface area contributed by atoms with Gasteiger partial charge in [0.2, 0.25) is 0 Å². The lowest BCUT2D eigenvalue weighted by Crippen LogP contribution is -2.41. The van der Waals surface area contributed by atoms with Crippen LogP contribution in [0.25, 0.3) is 0 Å². The van der Waals surface area contributed by atoms with E-state index >= 15 is 0 Å². The highest BCUT2D eigenvalue weighted by Crippen LogP contribution is 2.48. The van der Waals surface area contributed by atoms with Gasteiger partial charge in [0.05, 0.1) is 13.7 Å². The molecule has 0 saturated heterocycles. The quantitative estimate of drug-likeness (QED) is 0.538. The molecule has 0 spiro atoms. The molecule has 2 aromatic rings. The first kappa shape index (κ1) is 20.0. The van der Waals surface area contributed by atoms with Crippen molar-refractivity contribution in [1.29, 1.82) is 0 Å².